The molecule has 26 heavy (non-hydrogen) atoms. The maximum Gasteiger partial charge on any atom is 0.265 e. The van der Waals surface area contributed by atoms with E-state index in [1.165, 1.54) is 6.92 Å². The molecule has 1 fully saturated rings. The second-order valence-corrected chi connectivity index (χ2v) is 7.20. The largest absolute Gasteiger partial charge is 0.476 e. The molecule has 0 N–H and O–H groups in total. The second kappa shape index (κ2) is 6.95. The van der Waals surface area contributed by atoms with Gasteiger partial charge in [0, 0.05) is 44.7 Å². The molecule has 0 saturated carbocycles. The van der Waals surface area contributed by atoms with Crippen LogP contribution in [0.25, 0.3) is 0 Å². The van der Waals surface area contributed by atoms with E-state index in [0.29, 0.717) is 18.8 Å². The molecule has 0 aliphatic carbocycles. The van der Waals surface area contributed by atoms with Crippen LogP contribution < -0.4 is 14.5 Å². The highest BCUT2D eigenvalue weighted by molar-refractivity contribution is 7.13. The zero-order chi connectivity index (χ0) is 18.1. The van der Waals surface area contributed by atoms with Crippen molar-refractivity contribution >= 4 is 34.0 Å². The van der Waals surface area contributed by atoms with E-state index < -0.39 is 6.10 Å². The van der Waals surface area contributed by atoms with Crippen LogP contribution in [-0.4, -0.2) is 60.5 Å². The van der Waals surface area contributed by atoms with E-state index in [9.17, 15) is 9.59 Å². The monoisotopic (exact) mass is 372 g/mol. The highest BCUT2D eigenvalue weighted by atomic mass is 32.1. The van der Waals surface area contributed by atoms with Crippen LogP contribution in [0, 0.1) is 0 Å². The summed E-state index contributed by atoms with van der Waals surface area (Å²) in [6.45, 7) is 4.51. The number of thiazole rings is 1. The van der Waals surface area contributed by atoms with Crippen LogP contribution in [0.2, 0.25) is 0 Å². The standard InChI is InChI=1S/C18H20N4O3S/c1-13(23)22-12-16(25-15-5-3-2-4-14(15)22)17(24)20-7-9-21(10-8-20)18-19-6-11-26-18/h2-6,11,16H,7-10,12H2,1H3/t16-/m0/s1. The molecule has 0 spiro atoms. The molecule has 1 saturated heterocycles. The maximum absolute atomic E-state index is 13.0. The lowest BCUT2D eigenvalue weighted by Crippen LogP contribution is -2.56. The number of piperazine rings is 1. The normalized spacial score (nSPS) is 19.7. The first-order valence-electron chi connectivity index (χ1n) is 8.60. The van der Waals surface area contributed by atoms with E-state index in [2.05, 4.69) is 9.88 Å². The third kappa shape index (κ3) is 3.12. The Kier molecular flexibility index (Phi) is 4.50. The minimum Gasteiger partial charge on any atom is -0.476 e. The molecule has 2 aromatic rings. The summed E-state index contributed by atoms with van der Waals surface area (Å²) < 4.78 is 5.92. The van der Waals surface area contributed by atoms with Crippen molar-refractivity contribution in [1.82, 2.24) is 9.88 Å². The fourth-order valence-electron chi connectivity index (χ4n) is 3.36. The Balaban J connectivity index is 1.45. The van der Waals surface area contributed by atoms with E-state index in [0.717, 1.165) is 23.9 Å². The number of hydrogen-bond donors (Lipinski definition) is 0. The molecule has 3 heterocycles. The Morgan fingerprint density at radius 3 is 2.65 bits per heavy atom. The fraction of sp³-hybridized carbons (Fsp3) is 0.389. The molecule has 0 bridgehead atoms. The number of benzene rings is 1. The number of aromatic nitrogens is 1. The Morgan fingerprint density at radius 1 is 1.19 bits per heavy atom. The van der Waals surface area contributed by atoms with Crippen LogP contribution >= 0.6 is 11.3 Å². The third-order valence-corrected chi connectivity index (χ3v) is 5.54. The van der Waals surface area contributed by atoms with Gasteiger partial charge in [0.25, 0.3) is 5.91 Å². The molecule has 7 nitrogen and oxygen atoms in total. The van der Waals surface area contributed by atoms with E-state index in [1.54, 1.807) is 28.5 Å². The van der Waals surface area contributed by atoms with E-state index in [-0.39, 0.29) is 18.4 Å². The van der Waals surface area contributed by atoms with E-state index in [1.807, 2.05) is 28.5 Å². The van der Waals surface area contributed by atoms with Crippen molar-refractivity contribution in [2.75, 3.05) is 42.5 Å². The summed E-state index contributed by atoms with van der Waals surface area (Å²) in [5.41, 5.74) is 0.720. The smallest absolute Gasteiger partial charge is 0.265 e. The zero-order valence-corrected chi connectivity index (χ0v) is 15.3. The van der Waals surface area contributed by atoms with Crippen molar-refractivity contribution < 1.29 is 14.3 Å². The predicted octanol–water partition coefficient (Wildman–Crippen LogP) is 1.61. The van der Waals surface area contributed by atoms with Gasteiger partial charge in [-0.05, 0) is 12.1 Å². The van der Waals surface area contributed by atoms with Crippen LogP contribution in [0.3, 0.4) is 0 Å². The van der Waals surface area contributed by atoms with Gasteiger partial charge < -0.3 is 19.4 Å². The van der Waals surface area contributed by atoms with Gasteiger partial charge >= 0.3 is 0 Å². The van der Waals surface area contributed by atoms with Crippen LogP contribution in [0.15, 0.2) is 35.8 Å². The predicted molar refractivity (Wildman–Crippen MR) is 99.8 cm³/mol. The number of ether oxygens (including phenoxy) is 1. The minimum atomic E-state index is -0.666. The molecular formula is C18H20N4O3S. The Morgan fingerprint density at radius 2 is 1.96 bits per heavy atom. The first-order valence-corrected chi connectivity index (χ1v) is 9.48. The van der Waals surface area contributed by atoms with Crippen molar-refractivity contribution in [1.29, 1.82) is 0 Å². The minimum absolute atomic E-state index is 0.0652. The molecule has 0 unspecified atom stereocenters. The Labute approximate surface area is 155 Å². The van der Waals surface area contributed by atoms with E-state index >= 15 is 0 Å². The Bertz CT molecular complexity index is 803. The quantitative estimate of drug-likeness (QED) is 0.801. The van der Waals surface area contributed by atoms with Crippen LogP contribution in [0.4, 0.5) is 10.8 Å². The van der Waals surface area contributed by atoms with Crippen molar-refractivity contribution in [3.05, 3.63) is 35.8 Å². The van der Waals surface area contributed by atoms with Gasteiger partial charge in [0.2, 0.25) is 5.91 Å². The van der Waals surface area contributed by atoms with Gasteiger partial charge in [-0.25, -0.2) is 4.98 Å². The van der Waals surface area contributed by atoms with Gasteiger partial charge in [0.1, 0.15) is 5.75 Å². The number of hydrogen-bond acceptors (Lipinski definition) is 6. The molecular weight excluding hydrogens is 352 g/mol. The molecule has 136 valence electrons. The van der Waals surface area contributed by atoms with Crippen molar-refractivity contribution in [2.45, 2.75) is 13.0 Å². The van der Waals surface area contributed by atoms with E-state index in [4.69, 9.17) is 4.74 Å². The van der Waals surface area contributed by atoms with Gasteiger partial charge in [-0.15, -0.1) is 11.3 Å². The van der Waals surface area contributed by atoms with Gasteiger partial charge in [-0.1, -0.05) is 12.1 Å². The lowest BCUT2D eigenvalue weighted by Gasteiger charge is -2.39. The van der Waals surface area contributed by atoms with Crippen LogP contribution in [0.5, 0.6) is 5.75 Å². The highest BCUT2D eigenvalue weighted by Gasteiger charge is 2.36. The van der Waals surface area contributed by atoms with Crippen LogP contribution in [-0.2, 0) is 9.59 Å². The van der Waals surface area contributed by atoms with Crippen molar-refractivity contribution in [2.24, 2.45) is 0 Å². The summed E-state index contributed by atoms with van der Waals surface area (Å²) in [5, 5.41) is 2.94. The summed E-state index contributed by atoms with van der Waals surface area (Å²) in [4.78, 5) is 34.9. The zero-order valence-electron chi connectivity index (χ0n) is 14.5. The average molecular weight is 372 g/mol. The summed E-state index contributed by atoms with van der Waals surface area (Å²) in [5.74, 6) is 0.422. The molecule has 0 radical (unpaired) electrons. The highest BCUT2D eigenvalue weighted by Crippen LogP contribution is 2.33. The fourth-order valence-corrected chi connectivity index (χ4v) is 4.05. The molecule has 1 atom stereocenters. The number of carbonyl (C=O) groups is 2. The molecule has 2 aliphatic heterocycles. The molecule has 2 amide bonds. The lowest BCUT2D eigenvalue weighted by molar-refractivity contribution is -0.139. The number of para-hydroxylation sites is 2. The summed E-state index contributed by atoms with van der Waals surface area (Å²) in [6, 6.07) is 7.34. The van der Waals surface area contributed by atoms with Gasteiger partial charge in [0.05, 0.1) is 12.2 Å². The summed E-state index contributed by atoms with van der Waals surface area (Å²) in [6.07, 6.45) is 1.13. The van der Waals surface area contributed by atoms with Gasteiger partial charge in [-0.2, -0.15) is 0 Å². The summed E-state index contributed by atoms with van der Waals surface area (Å²) >= 11 is 1.61. The number of nitrogens with zero attached hydrogens (tertiary/aromatic N) is 4. The average Bonchev–Trinajstić information content (AvgIpc) is 3.21. The SMILES string of the molecule is CC(=O)N1C[C@@H](C(=O)N2CCN(c3nccs3)CC2)Oc2ccccc21. The molecule has 4 rings (SSSR count). The second-order valence-electron chi connectivity index (χ2n) is 6.33. The number of fused-ring (bicyclic) bond motifs is 1. The molecule has 1 aromatic carbocycles. The Hall–Kier alpha value is -2.61. The topological polar surface area (TPSA) is 66.0 Å². The lowest BCUT2D eigenvalue weighted by atomic mass is 10.1. The van der Waals surface area contributed by atoms with Gasteiger partial charge in [-0.3, -0.25) is 9.59 Å². The molecule has 2 aliphatic rings. The van der Waals surface area contributed by atoms with Crippen molar-refractivity contribution in [3.8, 4) is 5.75 Å². The molecule has 1 aromatic heterocycles. The number of carbonyl (C=O) groups excluding carboxylic acids is 2. The third-order valence-electron chi connectivity index (χ3n) is 4.71. The first kappa shape index (κ1) is 16.8. The number of amides is 2. The maximum atomic E-state index is 13.0. The van der Waals surface area contributed by atoms with Crippen LogP contribution in [0.1, 0.15) is 6.92 Å². The summed E-state index contributed by atoms with van der Waals surface area (Å²) in [7, 11) is 0. The molecule has 8 heteroatoms. The van der Waals surface area contributed by atoms with Crippen molar-refractivity contribution in [3.63, 3.8) is 0 Å². The van der Waals surface area contributed by atoms with Gasteiger partial charge in [0.15, 0.2) is 11.2 Å². The first-order chi connectivity index (χ1) is 12.6. The number of rotatable bonds is 2. The number of anilines is 2.